The lowest BCUT2D eigenvalue weighted by atomic mass is 9.47. The van der Waals surface area contributed by atoms with Crippen molar-refractivity contribution in [1.29, 1.82) is 0 Å². The molecule has 2 fully saturated rings. The second-order valence-electron chi connectivity index (χ2n) is 11.0. The number of carbonyl (C=O) groups excluding carboxylic acids is 1. The van der Waals surface area contributed by atoms with E-state index in [1.54, 1.807) is 19.7 Å². The smallest absolute Gasteiger partial charge is 0.409 e. The van der Waals surface area contributed by atoms with Gasteiger partial charge in [0.1, 0.15) is 6.10 Å². The van der Waals surface area contributed by atoms with Gasteiger partial charge in [0, 0.05) is 32.9 Å². The minimum atomic E-state index is -0.212. The fraction of sp³-hybridized carbons (Fsp3) is 0.630. The predicted octanol–water partition coefficient (Wildman–Crippen LogP) is 6.10. The molecule has 166 valence electrons. The third-order valence-corrected chi connectivity index (χ3v) is 9.24. The van der Waals surface area contributed by atoms with Crippen molar-refractivity contribution in [3.63, 3.8) is 0 Å². The van der Waals surface area contributed by atoms with E-state index in [4.69, 9.17) is 4.74 Å². The first kappa shape index (κ1) is 20.8. The average molecular weight is 421 g/mol. The van der Waals surface area contributed by atoms with Crippen LogP contribution in [0.15, 0.2) is 42.3 Å². The summed E-state index contributed by atoms with van der Waals surface area (Å²) < 4.78 is 5.76. The van der Waals surface area contributed by atoms with E-state index in [1.807, 2.05) is 12.4 Å². The molecule has 4 aliphatic rings. The van der Waals surface area contributed by atoms with Crippen molar-refractivity contribution in [3.8, 4) is 0 Å². The van der Waals surface area contributed by atoms with E-state index in [9.17, 15) is 4.79 Å². The van der Waals surface area contributed by atoms with Crippen molar-refractivity contribution in [2.45, 2.75) is 64.9 Å². The van der Waals surface area contributed by atoms with Crippen LogP contribution in [0.1, 0.15) is 64.4 Å². The van der Waals surface area contributed by atoms with Crippen LogP contribution in [-0.2, 0) is 4.74 Å². The van der Waals surface area contributed by atoms with Crippen LogP contribution >= 0.6 is 0 Å². The van der Waals surface area contributed by atoms with Gasteiger partial charge in [-0.1, -0.05) is 37.6 Å². The van der Waals surface area contributed by atoms with Crippen molar-refractivity contribution >= 4 is 11.7 Å². The summed E-state index contributed by atoms with van der Waals surface area (Å²) >= 11 is 0. The Labute approximate surface area is 186 Å². The molecule has 1 amide bonds. The van der Waals surface area contributed by atoms with E-state index in [1.165, 1.54) is 41.7 Å². The minimum absolute atomic E-state index is 0.0324. The number of nitrogens with zero attached hydrogens (tertiary/aromatic N) is 2. The van der Waals surface area contributed by atoms with E-state index >= 15 is 0 Å². The first-order valence-electron chi connectivity index (χ1n) is 12.0. The van der Waals surface area contributed by atoms with Crippen LogP contribution in [-0.4, -0.2) is 36.2 Å². The number of carbonyl (C=O) groups is 1. The second-order valence-corrected chi connectivity index (χ2v) is 11.0. The van der Waals surface area contributed by atoms with Crippen molar-refractivity contribution in [3.05, 3.63) is 47.8 Å². The number of amides is 1. The van der Waals surface area contributed by atoms with Gasteiger partial charge < -0.3 is 9.64 Å². The molecule has 1 aromatic heterocycles. The maximum absolute atomic E-state index is 12.1. The number of hydrogen-bond donors (Lipinski definition) is 0. The van der Waals surface area contributed by atoms with E-state index in [2.05, 4.69) is 43.1 Å². The van der Waals surface area contributed by atoms with Crippen molar-refractivity contribution < 1.29 is 9.53 Å². The van der Waals surface area contributed by atoms with Crippen LogP contribution < -0.4 is 0 Å². The molecule has 0 aliphatic heterocycles. The summed E-state index contributed by atoms with van der Waals surface area (Å²) in [6, 6.07) is 4.30. The lowest BCUT2D eigenvalue weighted by molar-refractivity contribution is -0.0283. The number of pyridine rings is 1. The molecule has 6 atom stereocenters. The van der Waals surface area contributed by atoms with Gasteiger partial charge >= 0.3 is 6.09 Å². The summed E-state index contributed by atoms with van der Waals surface area (Å²) in [6.07, 6.45) is 16.8. The third-order valence-electron chi connectivity index (χ3n) is 9.24. The zero-order valence-electron chi connectivity index (χ0n) is 19.4. The number of aromatic nitrogens is 1. The number of ether oxygens (including phenoxy) is 1. The highest BCUT2D eigenvalue weighted by atomic mass is 16.6. The molecule has 0 bridgehead atoms. The van der Waals surface area contributed by atoms with Crippen molar-refractivity contribution in [1.82, 2.24) is 9.88 Å². The maximum Gasteiger partial charge on any atom is 0.409 e. The Kier molecular flexibility index (Phi) is 5.02. The average Bonchev–Trinajstić information content (AvgIpc) is 3.11. The van der Waals surface area contributed by atoms with Crippen molar-refractivity contribution in [2.24, 2.45) is 28.6 Å². The van der Waals surface area contributed by atoms with Crippen LogP contribution in [0.5, 0.6) is 0 Å². The summed E-state index contributed by atoms with van der Waals surface area (Å²) in [7, 11) is 3.52. The normalized spacial score (nSPS) is 38.8. The molecule has 0 spiro atoms. The summed E-state index contributed by atoms with van der Waals surface area (Å²) in [5.74, 6) is 2.22. The fourth-order valence-electron chi connectivity index (χ4n) is 7.51. The molecule has 31 heavy (non-hydrogen) atoms. The molecule has 5 rings (SSSR count). The lowest BCUT2D eigenvalue weighted by Gasteiger charge is -2.57. The molecule has 1 aromatic rings. The number of fused-ring (bicyclic) bond motifs is 5. The Balaban J connectivity index is 1.37. The lowest BCUT2D eigenvalue weighted by Crippen LogP contribution is -2.50. The molecule has 1 heterocycles. The van der Waals surface area contributed by atoms with Gasteiger partial charge in [0.05, 0.1) is 0 Å². The van der Waals surface area contributed by atoms with Gasteiger partial charge in [0.25, 0.3) is 0 Å². The van der Waals surface area contributed by atoms with Gasteiger partial charge in [-0.25, -0.2) is 4.79 Å². The van der Waals surface area contributed by atoms with Gasteiger partial charge in [-0.05, 0) is 84.3 Å². The summed E-state index contributed by atoms with van der Waals surface area (Å²) in [5.41, 5.74) is 4.93. The topological polar surface area (TPSA) is 42.4 Å². The molecule has 4 heteroatoms. The molecular formula is C27H36N2O2. The summed E-state index contributed by atoms with van der Waals surface area (Å²) in [6.45, 7) is 5.02. The van der Waals surface area contributed by atoms with Gasteiger partial charge in [-0.15, -0.1) is 0 Å². The highest BCUT2D eigenvalue weighted by Crippen LogP contribution is 2.66. The second kappa shape index (κ2) is 7.50. The van der Waals surface area contributed by atoms with Gasteiger partial charge in [0.2, 0.25) is 0 Å². The molecule has 4 nitrogen and oxygen atoms in total. The third kappa shape index (κ3) is 3.25. The van der Waals surface area contributed by atoms with E-state index in [-0.39, 0.29) is 23.0 Å². The Morgan fingerprint density at radius 3 is 2.65 bits per heavy atom. The standard InChI is InChI=1S/C27H36N2O2/c1-26-13-11-20(31-25(30)29(3)4)16-19(26)7-8-21-23-10-9-22(18-6-5-15-28-17-18)27(23,2)14-12-24(21)26/h5-7,9,15,17,20-21,23-24H,8,10-14,16H2,1-4H3. The highest BCUT2D eigenvalue weighted by Gasteiger charge is 2.57. The van der Waals surface area contributed by atoms with Crippen molar-refractivity contribution in [2.75, 3.05) is 14.1 Å². The van der Waals surface area contributed by atoms with Crippen LogP contribution in [0.3, 0.4) is 0 Å². The minimum Gasteiger partial charge on any atom is -0.446 e. The van der Waals surface area contributed by atoms with Gasteiger partial charge in [0.15, 0.2) is 0 Å². The van der Waals surface area contributed by atoms with Gasteiger partial charge in [-0.2, -0.15) is 0 Å². The molecule has 0 radical (unpaired) electrons. The zero-order chi connectivity index (χ0) is 21.8. The molecule has 0 saturated heterocycles. The Morgan fingerprint density at radius 1 is 1.10 bits per heavy atom. The number of hydrogen-bond acceptors (Lipinski definition) is 3. The van der Waals surface area contributed by atoms with E-state index in [0.717, 1.165) is 37.0 Å². The Morgan fingerprint density at radius 2 is 1.90 bits per heavy atom. The number of rotatable bonds is 2. The largest absolute Gasteiger partial charge is 0.446 e. The Hall–Kier alpha value is -2.10. The molecule has 0 aromatic carbocycles. The van der Waals surface area contributed by atoms with E-state index < -0.39 is 0 Å². The zero-order valence-corrected chi connectivity index (χ0v) is 19.4. The predicted molar refractivity (Wildman–Crippen MR) is 123 cm³/mol. The summed E-state index contributed by atoms with van der Waals surface area (Å²) in [4.78, 5) is 18.0. The highest BCUT2D eigenvalue weighted by molar-refractivity contribution is 5.72. The fourth-order valence-corrected chi connectivity index (χ4v) is 7.51. The SMILES string of the molecule is CN(C)C(=O)OC1CCC2(C)C(=CCC3C2CCC2(C)C(c4cccnc4)=CCC32)C1. The molecule has 4 aliphatic carbocycles. The van der Waals surface area contributed by atoms with Gasteiger partial charge in [-0.3, -0.25) is 4.98 Å². The monoisotopic (exact) mass is 420 g/mol. The Bertz CT molecular complexity index is 920. The van der Waals surface area contributed by atoms with Crippen LogP contribution in [0.4, 0.5) is 4.79 Å². The molecule has 0 N–H and O–H groups in total. The molecular weight excluding hydrogens is 384 g/mol. The molecule has 6 unspecified atom stereocenters. The van der Waals surface area contributed by atoms with E-state index in [0.29, 0.717) is 0 Å². The van der Waals surface area contributed by atoms with Crippen LogP contribution in [0.2, 0.25) is 0 Å². The molecule has 2 saturated carbocycles. The summed E-state index contributed by atoms with van der Waals surface area (Å²) in [5, 5.41) is 0. The van der Waals surface area contributed by atoms with Crippen LogP contribution in [0.25, 0.3) is 5.57 Å². The quantitative estimate of drug-likeness (QED) is 0.543. The number of allylic oxidation sites excluding steroid dienone is 3. The first-order chi connectivity index (χ1) is 14.8. The first-order valence-corrected chi connectivity index (χ1v) is 12.0. The maximum atomic E-state index is 12.1. The van der Waals surface area contributed by atoms with Crippen LogP contribution in [0, 0.1) is 28.6 Å².